The number of rotatable bonds is 5. The van der Waals surface area contributed by atoms with Gasteiger partial charge in [-0.15, -0.1) is 0 Å². The second kappa shape index (κ2) is 5.99. The lowest BCUT2D eigenvalue weighted by Crippen LogP contribution is -2.40. The summed E-state index contributed by atoms with van der Waals surface area (Å²) >= 11 is 0. The molecule has 0 aliphatic carbocycles. The van der Waals surface area contributed by atoms with E-state index < -0.39 is 12.0 Å². The molecule has 3 N–H and O–H groups in total. The molecule has 0 saturated carbocycles. The minimum atomic E-state index is -1.01. The summed E-state index contributed by atoms with van der Waals surface area (Å²) in [5.74, 6) is -1.01. The maximum absolute atomic E-state index is 10.6. The molecule has 1 atom stereocenters. The van der Waals surface area contributed by atoms with Crippen LogP contribution < -0.4 is 5.73 Å². The van der Waals surface area contributed by atoms with E-state index in [4.69, 9.17) is 16.1 Å². The summed E-state index contributed by atoms with van der Waals surface area (Å²) < 4.78 is 0. The van der Waals surface area contributed by atoms with E-state index >= 15 is 0 Å². The number of nitrogens with zero attached hydrogens (tertiary/aromatic N) is 2. The van der Waals surface area contributed by atoms with Gasteiger partial charge in [-0.05, 0) is 24.7 Å². The van der Waals surface area contributed by atoms with Gasteiger partial charge in [0.05, 0.1) is 11.6 Å². The van der Waals surface area contributed by atoms with E-state index in [1.807, 2.05) is 11.0 Å². The molecule has 0 fully saturated rings. The van der Waals surface area contributed by atoms with Crippen molar-refractivity contribution in [3.8, 4) is 6.07 Å². The SMILES string of the molecule is CN(Cc1cccc(C#N)c1)CC(N)C(=O)O. The van der Waals surface area contributed by atoms with Crippen LogP contribution in [0.3, 0.4) is 0 Å². The van der Waals surface area contributed by atoms with E-state index in [1.54, 1.807) is 25.2 Å². The van der Waals surface area contributed by atoms with E-state index in [0.717, 1.165) is 5.56 Å². The van der Waals surface area contributed by atoms with E-state index in [-0.39, 0.29) is 6.54 Å². The highest BCUT2D eigenvalue weighted by Crippen LogP contribution is 2.06. The monoisotopic (exact) mass is 233 g/mol. The summed E-state index contributed by atoms with van der Waals surface area (Å²) in [5.41, 5.74) is 6.99. The summed E-state index contributed by atoms with van der Waals surface area (Å²) in [6.07, 6.45) is 0. The number of likely N-dealkylation sites (N-methyl/N-ethyl adjacent to an activating group) is 1. The zero-order valence-corrected chi connectivity index (χ0v) is 9.63. The van der Waals surface area contributed by atoms with Gasteiger partial charge in [-0.25, -0.2) is 0 Å². The van der Waals surface area contributed by atoms with E-state index in [1.165, 1.54) is 0 Å². The highest BCUT2D eigenvalue weighted by molar-refractivity contribution is 5.73. The molecule has 1 aromatic carbocycles. The Bertz CT molecular complexity index is 440. The van der Waals surface area contributed by atoms with Crippen molar-refractivity contribution in [3.63, 3.8) is 0 Å². The number of carboxylic acid groups (broad SMARTS) is 1. The second-order valence-corrected chi connectivity index (χ2v) is 3.95. The molecule has 17 heavy (non-hydrogen) atoms. The number of nitriles is 1. The predicted molar refractivity (Wildman–Crippen MR) is 63.1 cm³/mol. The normalized spacial score (nSPS) is 12.1. The van der Waals surface area contributed by atoms with Crippen molar-refractivity contribution in [2.75, 3.05) is 13.6 Å². The fourth-order valence-electron chi connectivity index (χ4n) is 1.53. The van der Waals surface area contributed by atoms with Gasteiger partial charge in [0.25, 0.3) is 0 Å². The van der Waals surface area contributed by atoms with Gasteiger partial charge >= 0.3 is 5.97 Å². The lowest BCUT2D eigenvalue weighted by atomic mass is 10.1. The number of nitrogens with two attached hydrogens (primary N) is 1. The average molecular weight is 233 g/mol. The summed E-state index contributed by atoms with van der Waals surface area (Å²) in [6, 6.07) is 8.38. The van der Waals surface area contributed by atoms with Crippen LogP contribution in [0.2, 0.25) is 0 Å². The van der Waals surface area contributed by atoms with Crippen molar-refractivity contribution in [3.05, 3.63) is 35.4 Å². The van der Waals surface area contributed by atoms with Gasteiger partial charge < -0.3 is 10.8 Å². The molecule has 0 aromatic heterocycles. The van der Waals surface area contributed by atoms with Crippen molar-refractivity contribution in [1.29, 1.82) is 5.26 Å². The Morgan fingerprint density at radius 1 is 1.65 bits per heavy atom. The molecule has 0 aliphatic heterocycles. The minimum Gasteiger partial charge on any atom is -0.480 e. The number of hydrogen-bond acceptors (Lipinski definition) is 4. The second-order valence-electron chi connectivity index (χ2n) is 3.95. The molecular formula is C12H15N3O2. The molecule has 0 bridgehead atoms. The van der Waals surface area contributed by atoms with Gasteiger partial charge in [-0.1, -0.05) is 12.1 Å². The molecule has 1 unspecified atom stereocenters. The van der Waals surface area contributed by atoms with E-state index in [2.05, 4.69) is 6.07 Å². The van der Waals surface area contributed by atoms with Crippen LogP contribution >= 0.6 is 0 Å². The lowest BCUT2D eigenvalue weighted by molar-refractivity contribution is -0.138. The smallest absolute Gasteiger partial charge is 0.321 e. The zero-order valence-electron chi connectivity index (χ0n) is 9.63. The standard InChI is InChI=1S/C12H15N3O2/c1-15(8-11(14)12(16)17)7-10-4-2-3-9(5-10)6-13/h2-5,11H,7-8,14H2,1H3,(H,16,17). The van der Waals surface area contributed by atoms with Gasteiger partial charge in [0, 0.05) is 13.1 Å². The number of hydrogen-bond donors (Lipinski definition) is 2. The molecular weight excluding hydrogens is 218 g/mol. The van der Waals surface area contributed by atoms with Crippen molar-refractivity contribution >= 4 is 5.97 Å². The van der Waals surface area contributed by atoms with Crippen molar-refractivity contribution in [1.82, 2.24) is 4.90 Å². The lowest BCUT2D eigenvalue weighted by Gasteiger charge is -2.18. The van der Waals surface area contributed by atoms with Gasteiger partial charge in [-0.3, -0.25) is 9.69 Å². The topological polar surface area (TPSA) is 90.4 Å². The molecule has 1 rings (SSSR count). The Hall–Kier alpha value is -1.90. The first-order valence-corrected chi connectivity index (χ1v) is 5.19. The molecule has 0 heterocycles. The molecule has 0 amide bonds. The molecule has 5 nitrogen and oxygen atoms in total. The van der Waals surface area contributed by atoms with Crippen molar-refractivity contribution in [2.45, 2.75) is 12.6 Å². The van der Waals surface area contributed by atoms with Crippen molar-refractivity contribution in [2.24, 2.45) is 5.73 Å². The summed E-state index contributed by atoms with van der Waals surface area (Å²) in [4.78, 5) is 12.4. The average Bonchev–Trinajstić information content (AvgIpc) is 2.28. The quantitative estimate of drug-likeness (QED) is 0.768. The van der Waals surface area contributed by atoms with Crippen molar-refractivity contribution < 1.29 is 9.90 Å². The predicted octanol–water partition coefficient (Wildman–Crippen LogP) is 0.402. The molecule has 0 aliphatic rings. The molecule has 1 aromatic rings. The fourth-order valence-corrected chi connectivity index (χ4v) is 1.53. The third kappa shape index (κ3) is 4.23. The molecule has 0 spiro atoms. The maximum atomic E-state index is 10.6. The third-order valence-corrected chi connectivity index (χ3v) is 2.33. The van der Waals surface area contributed by atoms with Crippen LogP contribution in [0, 0.1) is 11.3 Å². The Labute approximate surface area is 100 Å². The highest BCUT2D eigenvalue weighted by atomic mass is 16.4. The maximum Gasteiger partial charge on any atom is 0.321 e. The van der Waals surface area contributed by atoms with Gasteiger partial charge in [-0.2, -0.15) is 5.26 Å². The van der Waals surface area contributed by atoms with Crippen LogP contribution in [0.5, 0.6) is 0 Å². The number of carbonyl (C=O) groups is 1. The first kappa shape index (κ1) is 13.2. The number of aliphatic carboxylic acids is 1. The number of carboxylic acids is 1. The highest BCUT2D eigenvalue weighted by Gasteiger charge is 2.14. The van der Waals surface area contributed by atoms with Crippen LogP contribution in [0.15, 0.2) is 24.3 Å². The van der Waals surface area contributed by atoms with Gasteiger partial charge in [0.1, 0.15) is 6.04 Å². The van der Waals surface area contributed by atoms with Gasteiger partial charge in [0.2, 0.25) is 0 Å². The van der Waals surface area contributed by atoms with Crippen LogP contribution in [0.1, 0.15) is 11.1 Å². The molecule has 0 radical (unpaired) electrons. The Morgan fingerprint density at radius 3 is 2.94 bits per heavy atom. The first-order chi connectivity index (χ1) is 8.02. The Kier molecular flexibility index (Phi) is 4.64. The van der Waals surface area contributed by atoms with E-state index in [0.29, 0.717) is 12.1 Å². The summed E-state index contributed by atoms with van der Waals surface area (Å²) in [6.45, 7) is 0.836. The van der Waals surface area contributed by atoms with Crippen LogP contribution in [0.25, 0.3) is 0 Å². The third-order valence-electron chi connectivity index (χ3n) is 2.33. The summed E-state index contributed by atoms with van der Waals surface area (Å²) in [5, 5.41) is 17.4. The largest absolute Gasteiger partial charge is 0.480 e. The van der Waals surface area contributed by atoms with E-state index in [9.17, 15) is 4.79 Å². The van der Waals surface area contributed by atoms with Crippen LogP contribution in [-0.4, -0.2) is 35.6 Å². The zero-order chi connectivity index (χ0) is 12.8. The Balaban J connectivity index is 2.59. The number of benzene rings is 1. The molecule has 90 valence electrons. The Morgan fingerprint density at radius 2 is 2.35 bits per heavy atom. The first-order valence-electron chi connectivity index (χ1n) is 5.19. The van der Waals surface area contributed by atoms with Crippen LogP contribution in [-0.2, 0) is 11.3 Å². The minimum absolute atomic E-state index is 0.270. The van der Waals surface area contributed by atoms with Crippen LogP contribution in [0.4, 0.5) is 0 Å². The van der Waals surface area contributed by atoms with Gasteiger partial charge in [0.15, 0.2) is 0 Å². The fraction of sp³-hybridized carbons (Fsp3) is 0.333. The molecule has 5 heteroatoms. The summed E-state index contributed by atoms with van der Waals surface area (Å²) in [7, 11) is 1.79. The molecule has 0 saturated heterocycles.